The van der Waals surface area contributed by atoms with Crippen LogP contribution in [0.25, 0.3) is 11.1 Å². The molecule has 0 fully saturated rings. The van der Waals surface area contributed by atoms with E-state index in [0.29, 0.717) is 0 Å². The maximum Gasteiger partial charge on any atom is 0.133 e. The molecule has 1 aliphatic heterocycles. The number of phenols is 1. The summed E-state index contributed by atoms with van der Waals surface area (Å²) in [5.74, 6) is 1.01. The first-order valence-electron chi connectivity index (χ1n) is 8.14. The fraction of sp³-hybridized carbons (Fsp3) is 0.0952. The van der Waals surface area contributed by atoms with Crippen LogP contribution in [0.4, 0.5) is 0 Å². The van der Waals surface area contributed by atoms with Crippen molar-refractivity contribution < 1.29 is 5.11 Å². The number of nitrogens with one attached hydrogen (secondary N) is 1. The van der Waals surface area contributed by atoms with Crippen LogP contribution in [-0.4, -0.2) is 10.9 Å². The maximum absolute atomic E-state index is 10.2. The lowest BCUT2D eigenvalue weighted by Crippen LogP contribution is -2.27. The van der Waals surface area contributed by atoms with Gasteiger partial charge in [0.15, 0.2) is 0 Å². The average molecular weight is 312 g/mol. The fourth-order valence-electron chi connectivity index (χ4n) is 3.81. The first-order chi connectivity index (χ1) is 11.8. The van der Waals surface area contributed by atoms with Gasteiger partial charge in [0.1, 0.15) is 17.6 Å². The zero-order valence-corrected chi connectivity index (χ0v) is 13.0. The standard InChI is InChI=1S/C21H16N2O/c24-18-12-6-5-11-17(18)21-22-19-15-9-3-1-7-13(15)14-8-2-4-10-16(14)20(19)23-21/h1-12,19-20,24H,(H,22,23). The summed E-state index contributed by atoms with van der Waals surface area (Å²) in [4.78, 5) is 4.93. The minimum absolute atomic E-state index is 0.0331. The Balaban J connectivity index is 1.70. The molecule has 3 aromatic carbocycles. The molecule has 3 heteroatoms. The van der Waals surface area contributed by atoms with Crippen LogP contribution < -0.4 is 5.32 Å². The van der Waals surface area contributed by atoms with Crippen molar-refractivity contribution in [3.05, 3.63) is 89.5 Å². The molecule has 24 heavy (non-hydrogen) atoms. The minimum atomic E-state index is 0.0331. The highest BCUT2D eigenvalue weighted by Crippen LogP contribution is 2.48. The van der Waals surface area contributed by atoms with E-state index in [4.69, 9.17) is 4.99 Å². The molecule has 116 valence electrons. The van der Waals surface area contributed by atoms with Crippen molar-refractivity contribution in [3.63, 3.8) is 0 Å². The molecule has 2 atom stereocenters. The number of aliphatic imine (C=N–C) groups is 1. The van der Waals surface area contributed by atoms with Crippen molar-refractivity contribution in [1.82, 2.24) is 5.32 Å². The second-order valence-electron chi connectivity index (χ2n) is 6.24. The van der Waals surface area contributed by atoms with Gasteiger partial charge < -0.3 is 10.4 Å². The molecule has 3 aromatic rings. The lowest BCUT2D eigenvalue weighted by Gasteiger charge is -2.29. The topological polar surface area (TPSA) is 44.6 Å². The van der Waals surface area contributed by atoms with Crippen molar-refractivity contribution in [3.8, 4) is 16.9 Å². The number of phenolic OH excluding ortho intramolecular Hbond substituents is 1. The van der Waals surface area contributed by atoms with Crippen molar-refractivity contribution in [2.24, 2.45) is 4.99 Å². The van der Waals surface area contributed by atoms with Crippen molar-refractivity contribution in [1.29, 1.82) is 0 Å². The Morgan fingerprint density at radius 3 is 2.04 bits per heavy atom. The van der Waals surface area contributed by atoms with Crippen LogP contribution in [0, 0.1) is 0 Å². The number of hydrogen-bond donors (Lipinski definition) is 2. The molecule has 0 saturated carbocycles. The van der Waals surface area contributed by atoms with E-state index in [2.05, 4.69) is 53.8 Å². The van der Waals surface area contributed by atoms with Crippen molar-refractivity contribution in [2.75, 3.05) is 0 Å². The highest BCUT2D eigenvalue weighted by atomic mass is 16.3. The molecule has 0 bridgehead atoms. The third-order valence-electron chi connectivity index (χ3n) is 4.90. The summed E-state index contributed by atoms with van der Waals surface area (Å²) in [6, 6.07) is 24.4. The number of fused-ring (bicyclic) bond motifs is 6. The van der Waals surface area contributed by atoms with Gasteiger partial charge in [-0.15, -0.1) is 0 Å². The Hall–Kier alpha value is -3.07. The van der Waals surface area contributed by atoms with E-state index in [-0.39, 0.29) is 17.8 Å². The van der Waals surface area contributed by atoms with Gasteiger partial charge in [0, 0.05) is 0 Å². The van der Waals surface area contributed by atoms with Crippen LogP contribution in [0.1, 0.15) is 28.8 Å². The van der Waals surface area contributed by atoms with E-state index in [1.807, 2.05) is 18.2 Å². The van der Waals surface area contributed by atoms with Crippen molar-refractivity contribution >= 4 is 5.84 Å². The first kappa shape index (κ1) is 13.4. The zero-order chi connectivity index (χ0) is 16.1. The van der Waals surface area contributed by atoms with Crippen LogP contribution in [0.15, 0.2) is 77.8 Å². The van der Waals surface area contributed by atoms with E-state index >= 15 is 0 Å². The number of hydrogen-bond acceptors (Lipinski definition) is 3. The molecule has 0 radical (unpaired) electrons. The summed E-state index contributed by atoms with van der Waals surface area (Å²) < 4.78 is 0. The van der Waals surface area contributed by atoms with E-state index in [1.165, 1.54) is 22.3 Å². The van der Waals surface area contributed by atoms with Crippen LogP contribution >= 0.6 is 0 Å². The zero-order valence-electron chi connectivity index (χ0n) is 13.0. The van der Waals surface area contributed by atoms with Gasteiger partial charge in [-0.25, -0.2) is 0 Å². The molecule has 2 aliphatic rings. The summed E-state index contributed by atoms with van der Waals surface area (Å²) in [5.41, 5.74) is 5.75. The smallest absolute Gasteiger partial charge is 0.133 e. The van der Waals surface area contributed by atoms with Crippen LogP contribution in [0.3, 0.4) is 0 Å². The second-order valence-corrected chi connectivity index (χ2v) is 6.24. The van der Waals surface area contributed by atoms with Crippen LogP contribution in [0.2, 0.25) is 0 Å². The van der Waals surface area contributed by atoms with Gasteiger partial charge in [-0.2, -0.15) is 0 Å². The van der Waals surface area contributed by atoms with Crippen LogP contribution in [0.5, 0.6) is 5.75 Å². The molecule has 2 N–H and O–H groups in total. The third kappa shape index (κ3) is 1.81. The Labute approximate surface area is 140 Å². The number of aromatic hydroxyl groups is 1. The molecule has 2 unspecified atom stereocenters. The largest absolute Gasteiger partial charge is 0.507 e. The highest BCUT2D eigenvalue weighted by Gasteiger charge is 2.38. The van der Waals surface area contributed by atoms with E-state index in [1.54, 1.807) is 6.07 Å². The number of amidine groups is 1. The molecular formula is C21H16N2O. The van der Waals surface area contributed by atoms with E-state index in [0.717, 1.165) is 11.4 Å². The molecule has 1 aliphatic carbocycles. The predicted octanol–water partition coefficient (Wildman–Crippen LogP) is 4.21. The van der Waals surface area contributed by atoms with Crippen LogP contribution in [-0.2, 0) is 0 Å². The molecule has 0 amide bonds. The summed E-state index contributed by atoms with van der Waals surface area (Å²) in [7, 11) is 0. The normalized spacial score (nSPS) is 20.4. The van der Waals surface area contributed by atoms with E-state index in [9.17, 15) is 5.11 Å². The SMILES string of the molecule is Oc1ccccc1C1=NC2c3ccccc3-c3ccccc3C2N1. The lowest BCUT2D eigenvalue weighted by atomic mass is 9.80. The van der Waals surface area contributed by atoms with Gasteiger partial charge in [0.2, 0.25) is 0 Å². The number of nitrogens with zero attached hydrogens (tertiary/aromatic N) is 1. The molecule has 1 heterocycles. The summed E-state index contributed by atoms with van der Waals surface area (Å²) in [6.07, 6.45) is 0. The van der Waals surface area contributed by atoms with E-state index < -0.39 is 0 Å². The first-order valence-corrected chi connectivity index (χ1v) is 8.14. The molecular weight excluding hydrogens is 296 g/mol. The number of rotatable bonds is 1. The lowest BCUT2D eigenvalue weighted by molar-refractivity contribution is 0.474. The molecule has 3 nitrogen and oxygen atoms in total. The average Bonchev–Trinajstić information content (AvgIpc) is 3.08. The number of benzene rings is 3. The Morgan fingerprint density at radius 1 is 0.708 bits per heavy atom. The summed E-state index contributed by atoms with van der Waals surface area (Å²) in [5, 5.41) is 13.7. The summed E-state index contributed by atoms with van der Waals surface area (Å²) >= 11 is 0. The monoisotopic (exact) mass is 312 g/mol. The molecule has 5 rings (SSSR count). The van der Waals surface area contributed by atoms with Gasteiger partial charge in [0.05, 0.1) is 11.6 Å². The van der Waals surface area contributed by atoms with Gasteiger partial charge in [-0.3, -0.25) is 4.99 Å². The Bertz CT molecular complexity index is 977. The highest BCUT2D eigenvalue weighted by molar-refractivity contribution is 6.03. The molecule has 0 saturated heterocycles. The molecule has 0 aromatic heterocycles. The quantitative estimate of drug-likeness (QED) is 0.707. The Kier molecular flexibility index (Phi) is 2.77. The molecule has 0 spiro atoms. The Morgan fingerprint density at radius 2 is 1.29 bits per heavy atom. The van der Waals surface area contributed by atoms with Gasteiger partial charge in [0.25, 0.3) is 0 Å². The third-order valence-corrected chi connectivity index (χ3v) is 4.90. The maximum atomic E-state index is 10.2. The minimum Gasteiger partial charge on any atom is -0.507 e. The van der Waals surface area contributed by atoms with Gasteiger partial charge >= 0.3 is 0 Å². The summed E-state index contributed by atoms with van der Waals surface area (Å²) in [6.45, 7) is 0. The van der Waals surface area contributed by atoms with Gasteiger partial charge in [-0.1, -0.05) is 60.7 Å². The van der Waals surface area contributed by atoms with Crippen molar-refractivity contribution in [2.45, 2.75) is 12.1 Å². The predicted molar refractivity (Wildman–Crippen MR) is 95.1 cm³/mol. The fourth-order valence-corrected chi connectivity index (χ4v) is 3.81. The van der Waals surface area contributed by atoms with Gasteiger partial charge in [-0.05, 0) is 34.4 Å². The second kappa shape index (κ2) is 4.96. The number of para-hydroxylation sites is 1.